The molecule has 2 aromatic carbocycles. The third-order valence-corrected chi connectivity index (χ3v) is 6.05. The van der Waals surface area contributed by atoms with E-state index in [0.29, 0.717) is 28.8 Å². The zero-order chi connectivity index (χ0) is 19.6. The molecule has 0 radical (unpaired) electrons. The van der Waals surface area contributed by atoms with Crippen LogP contribution in [-0.4, -0.2) is 33.2 Å². The van der Waals surface area contributed by atoms with Crippen LogP contribution in [0.4, 0.5) is 5.69 Å². The molecule has 29 heavy (non-hydrogen) atoms. The summed E-state index contributed by atoms with van der Waals surface area (Å²) in [5.41, 5.74) is 7.21. The molecule has 154 valence electrons. The molecule has 2 N–H and O–H groups in total. The van der Waals surface area contributed by atoms with Crippen LogP contribution >= 0.6 is 47.4 Å². The van der Waals surface area contributed by atoms with E-state index in [2.05, 4.69) is 10.1 Å². The van der Waals surface area contributed by atoms with Crippen molar-refractivity contribution in [3.63, 3.8) is 0 Å². The summed E-state index contributed by atoms with van der Waals surface area (Å²) in [6.45, 7) is 0.771. The first-order valence-corrected chi connectivity index (χ1v) is 10.4. The molecule has 0 spiro atoms. The van der Waals surface area contributed by atoms with Crippen molar-refractivity contribution in [3.8, 4) is 0 Å². The molecule has 10 heteroatoms. The summed E-state index contributed by atoms with van der Waals surface area (Å²) in [5, 5.41) is 5.22. The highest BCUT2D eigenvalue weighted by Gasteiger charge is 2.45. The molecule has 0 saturated carbocycles. The van der Waals surface area contributed by atoms with Crippen molar-refractivity contribution in [3.05, 3.63) is 70.7 Å². The maximum atomic E-state index is 6.47. The number of nitrogens with zero attached hydrogens (tertiary/aromatic N) is 3. The Hall–Kier alpha value is -1.48. The minimum absolute atomic E-state index is 0. The van der Waals surface area contributed by atoms with Crippen molar-refractivity contribution in [2.75, 3.05) is 18.1 Å². The zero-order valence-corrected chi connectivity index (χ0v) is 18.3. The first-order valence-electron chi connectivity index (χ1n) is 8.62. The molecular formula is C19H19Cl3N4O2S. The Labute approximate surface area is 189 Å². The smallest absolute Gasteiger partial charge is 0.217 e. The van der Waals surface area contributed by atoms with E-state index in [9.17, 15) is 0 Å². The molecule has 4 rings (SSSR count). The molecule has 2 atom stereocenters. The van der Waals surface area contributed by atoms with Gasteiger partial charge in [0.15, 0.2) is 0 Å². The molecule has 1 saturated heterocycles. The quantitative estimate of drug-likeness (QED) is 0.415. The van der Waals surface area contributed by atoms with Gasteiger partial charge in [0, 0.05) is 26.9 Å². The second-order valence-corrected chi connectivity index (χ2v) is 8.34. The van der Waals surface area contributed by atoms with Gasteiger partial charge in [0.25, 0.3) is 0 Å². The number of nitrogens with two attached hydrogens (primary N) is 1. The fraction of sp³-hybridized carbons (Fsp3) is 0.263. The average Bonchev–Trinajstić information content (AvgIpc) is 3.32. The highest BCUT2D eigenvalue weighted by atomic mass is 35.5. The lowest BCUT2D eigenvalue weighted by Crippen LogP contribution is -2.34. The lowest BCUT2D eigenvalue weighted by Gasteiger charge is -2.29. The zero-order valence-electron chi connectivity index (χ0n) is 15.2. The molecule has 0 amide bonds. The van der Waals surface area contributed by atoms with Crippen molar-refractivity contribution in [1.82, 2.24) is 14.8 Å². The summed E-state index contributed by atoms with van der Waals surface area (Å²) in [5.74, 6) is -0.323. The third kappa shape index (κ3) is 5.17. The Kier molecular flexibility index (Phi) is 7.32. The Morgan fingerprint density at radius 2 is 2.00 bits per heavy atom. The van der Waals surface area contributed by atoms with Crippen LogP contribution in [0.5, 0.6) is 0 Å². The SMILES string of the molecule is Cl.Nc1ccc(SC[C@@H]2CO[C@@](Cn3cncn3)(c3ccc(Cl)cc3Cl)O2)cc1. The molecule has 0 bridgehead atoms. The van der Waals surface area contributed by atoms with Crippen LogP contribution < -0.4 is 5.73 Å². The van der Waals surface area contributed by atoms with Crippen LogP contribution in [0.3, 0.4) is 0 Å². The molecule has 1 aromatic heterocycles. The third-order valence-electron chi connectivity index (χ3n) is 4.35. The standard InChI is InChI=1S/C19H18Cl2N4O2S.ClH/c20-13-1-6-17(18(21)7-13)19(10-25-12-23-11-24-25)26-8-15(27-19)9-28-16-4-2-14(22)3-5-16;/h1-7,11-12,15H,8-10,22H2;1H/t15-,19+;/m0./s1. The molecule has 1 aliphatic rings. The van der Waals surface area contributed by atoms with E-state index in [1.165, 1.54) is 6.33 Å². The number of anilines is 1. The summed E-state index contributed by atoms with van der Waals surface area (Å²) in [6.07, 6.45) is 2.98. The molecule has 3 aromatic rings. The number of aromatic nitrogens is 3. The van der Waals surface area contributed by atoms with E-state index in [1.54, 1.807) is 34.9 Å². The number of ether oxygens (including phenoxy) is 2. The van der Waals surface area contributed by atoms with Crippen LogP contribution in [-0.2, 0) is 21.8 Å². The molecule has 2 heterocycles. The van der Waals surface area contributed by atoms with Gasteiger partial charge < -0.3 is 15.2 Å². The van der Waals surface area contributed by atoms with E-state index in [0.717, 1.165) is 16.3 Å². The van der Waals surface area contributed by atoms with Gasteiger partial charge in [-0.25, -0.2) is 9.67 Å². The highest BCUT2D eigenvalue weighted by Crippen LogP contribution is 2.41. The minimum atomic E-state index is -1.05. The summed E-state index contributed by atoms with van der Waals surface area (Å²) in [7, 11) is 0. The maximum Gasteiger partial charge on any atom is 0.217 e. The van der Waals surface area contributed by atoms with E-state index in [-0.39, 0.29) is 18.5 Å². The number of hydrogen-bond donors (Lipinski definition) is 1. The van der Waals surface area contributed by atoms with Crippen molar-refractivity contribution in [2.24, 2.45) is 0 Å². The predicted molar refractivity (Wildman–Crippen MR) is 118 cm³/mol. The van der Waals surface area contributed by atoms with Gasteiger partial charge in [0.05, 0.1) is 17.7 Å². The van der Waals surface area contributed by atoms with Crippen molar-refractivity contribution >= 4 is 53.1 Å². The molecule has 1 fully saturated rings. The van der Waals surface area contributed by atoms with Crippen LogP contribution in [0, 0.1) is 0 Å². The van der Waals surface area contributed by atoms with Crippen LogP contribution in [0.1, 0.15) is 5.56 Å². The summed E-state index contributed by atoms with van der Waals surface area (Å²) in [6, 6.07) is 13.0. The normalized spacial score (nSPS) is 21.1. The second-order valence-electron chi connectivity index (χ2n) is 6.40. The van der Waals surface area contributed by atoms with Gasteiger partial charge in [-0.3, -0.25) is 0 Å². The number of rotatable bonds is 6. The number of halogens is 3. The van der Waals surface area contributed by atoms with E-state index in [4.69, 9.17) is 38.4 Å². The molecule has 0 unspecified atom stereocenters. The van der Waals surface area contributed by atoms with Gasteiger partial charge in [-0.1, -0.05) is 29.3 Å². The Balaban J connectivity index is 0.00000240. The van der Waals surface area contributed by atoms with Gasteiger partial charge in [-0.2, -0.15) is 5.10 Å². The van der Waals surface area contributed by atoms with Gasteiger partial charge in [0.2, 0.25) is 5.79 Å². The molecular weight excluding hydrogens is 455 g/mol. The lowest BCUT2D eigenvalue weighted by molar-refractivity contribution is -0.186. The van der Waals surface area contributed by atoms with Crippen molar-refractivity contribution in [1.29, 1.82) is 0 Å². The molecule has 0 aliphatic carbocycles. The Morgan fingerprint density at radius 1 is 1.21 bits per heavy atom. The number of hydrogen-bond acceptors (Lipinski definition) is 6. The topological polar surface area (TPSA) is 75.2 Å². The summed E-state index contributed by atoms with van der Waals surface area (Å²) in [4.78, 5) is 5.12. The van der Waals surface area contributed by atoms with Gasteiger partial charge >= 0.3 is 0 Å². The first kappa shape index (κ1) is 22.2. The van der Waals surface area contributed by atoms with E-state index in [1.807, 2.05) is 30.3 Å². The summed E-state index contributed by atoms with van der Waals surface area (Å²) >= 11 is 14.2. The fourth-order valence-corrected chi connectivity index (χ4v) is 4.46. The summed E-state index contributed by atoms with van der Waals surface area (Å²) < 4.78 is 14.2. The van der Waals surface area contributed by atoms with Gasteiger partial charge in [0.1, 0.15) is 19.2 Å². The van der Waals surface area contributed by atoms with Crippen LogP contribution in [0.25, 0.3) is 0 Å². The van der Waals surface area contributed by atoms with Crippen molar-refractivity contribution in [2.45, 2.75) is 23.3 Å². The predicted octanol–water partition coefficient (Wildman–Crippen LogP) is 4.65. The van der Waals surface area contributed by atoms with Crippen LogP contribution in [0.15, 0.2) is 60.0 Å². The highest BCUT2D eigenvalue weighted by molar-refractivity contribution is 7.99. The second kappa shape index (κ2) is 9.55. The first-order chi connectivity index (χ1) is 13.5. The van der Waals surface area contributed by atoms with Gasteiger partial charge in [-0.15, -0.1) is 24.2 Å². The number of nitrogen functional groups attached to an aromatic ring is 1. The number of thioether (sulfide) groups is 1. The maximum absolute atomic E-state index is 6.47. The van der Waals surface area contributed by atoms with E-state index >= 15 is 0 Å². The van der Waals surface area contributed by atoms with Gasteiger partial charge in [-0.05, 0) is 36.4 Å². The fourth-order valence-electron chi connectivity index (χ4n) is 3.04. The monoisotopic (exact) mass is 472 g/mol. The number of benzene rings is 2. The molecule has 1 aliphatic heterocycles. The Morgan fingerprint density at radius 3 is 2.69 bits per heavy atom. The van der Waals surface area contributed by atoms with Crippen LogP contribution in [0.2, 0.25) is 10.0 Å². The van der Waals surface area contributed by atoms with E-state index < -0.39 is 5.79 Å². The minimum Gasteiger partial charge on any atom is -0.399 e. The largest absolute Gasteiger partial charge is 0.399 e. The van der Waals surface area contributed by atoms with Crippen molar-refractivity contribution < 1.29 is 9.47 Å². The Bertz CT molecular complexity index is 943. The average molecular weight is 474 g/mol. The lowest BCUT2D eigenvalue weighted by atomic mass is 10.1. The molecule has 6 nitrogen and oxygen atoms in total.